The Morgan fingerprint density at radius 1 is 1.47 bits per heavy atom. The molecule has 0 aromatic rings. The van der Waals surface area contributed by atoms with Crippen molar-refractivity contribution in [2.24, 2.45) is 5.92 Å². The first-order valence-corrected chi connectivity index (χ1v) is 9.97. The van der Waals surface area contributed by atoms with Gasteiger partial charge in [0.2, 0.25) is 0 Å². The molecule has 5 nitrogen and oxygen atoms in total. The first-order valence-electron chi connectivity index (χ1n) is 6.86. The van der Waals surface area contributed by atoms with Gasteiger partial charge in [-0.2, -0.15) is 11.8 Å². The van der Waals surface area contributed by atoms with Gasteiger partial charge in [-0.05, 0) is 12.3 Å². The Hall–Kier alpha value is 0.180. The molecule has 7 heteroatoms. The highest BCUT2D eigenvalue weighted by atomic mass is 32.2. The second-order valence-corrected chi connectivity index (χ2v) is 8.68. The lowest BCUT2D eigenvalue weighted by Gasteiger charge is -2.34. The van der Waals surface area contributed by atoms with Crippen LogP contribution < -0.4 is 5.32 Å². The molecule has 0 aromatic carbocycles. The molecule has 0 aromatic heterocycles. The lowest BCUT2D eigenvalue weighted by molar-refractivity contribution is 0.184. The SMILES string of the molecule is CS(=O)(=O)C1CSCCN1CCNCC1CCOC1. The second-order valence-electron chi connectivity index (χ2n) is 5.33. The molecule has 0 aliphatic carbocycles. The zero-order valence-corrected chi connectivity index (χ0v) is 13.1. The van der Waals surface area contributed by atoms with E-state index in [9.17, 15) is 8.42 Å². The van der Waals surface area contributed by atoms with E-state index < -0.39 is 9.84 Å². The van der Waals surface area contributed by atoms with Gasteiger partial charge < -0.3 is 10.1 Å². The molecule has 2 aliphatic heterocycles. The Labute approximate surface area is 120 Å². The Balaban J connectivity index is 1.70. The van der Waals surface area contributed by atoms with Gasteiger partial charge in [0.15, 0.2) is 9.84 Å². The Morgan fingerprint density at radius 2 is 2.32 bits per heavy atom. The van der Waals surface area contributed by atoms with Gasteiger partial charge in [-0.25, -0.2) is 8.42 Å². The van der Waals surface area contributed by atoms with E-state index in [4.69, 9.17) is 4.74 Å². The number of hydrogen-bond donors (Lipinski definition) is 1. The summed E-state index contributed by atoms with van der Waals surface area (Å²) in [5.74, 6) is 2.36. The number of rotatable bonds is 6. The molecule has 19 heavy (non-hydrogen) atoms. The van der Waals surface area contributed by atoms with E-state index in [-0.39, 0.29) is 5.37 Å². The number of ether oxygens (including phenoxy) is 1. The first kappa shape index (κ1) is 15.6. The molecule has 0 spiro atoms. The Morgan fingerprint density at radius 3 is 3.00 bits per heavy atom. The van der Waals surface area contributed by atoms with Crippen LogP contribution >= 0.6 is 11.8 Å². The summed E-state index contributed by atoms with van der Waals surface area (Å²) in [5, 5.41) is 3.12. The molecule has 2 atom stereocenters. The average Bonchev–Trinajstić information content (AvgIpc) is 2.87. The van der Waals surface area contributed by atoms with Crippen LogP contribution in [0.2, 0.25) is 0 Å². The zero-order chi connectivity index (χ0) is 13.7. The Bertz CT molecular complexity index is 369. The molecule has 2 aliphatic rings. The number of sulfone groups is 1. The minimum atomic E-state index is -2.97. The summed E-state index contributed by atoms with van der Waals surface area (Å²) in [7, 11) is -2.97. The summed E-state index contributed by atoms with van der Waals surface area (Å²) in [5.41, 5.74) is 0. The maximum absolute atomic E-state index is 11.7. The molecular formula is C12H24N2O3S2. The fraction of sp³-hybridized carbons (Fsp3) is 1.00. The molecule has 0 amide bonds. The van der Waals surface area contributed by atoms with Crippen LogP contribution in [0.5, 0.6) is 0 Å². The van der Waals surface area contributed by atoms with Crippen LogP contribution in [0.3, 0.4) is 0 Å². The fourth-order valence-corrected chi connectivity index (χ4v) is 5.51. The minimum Gasteiger partial charge on any atom is -0.381 e. The van der Waals surface area contributed by atoms with Crippen molar-refractivity contribution in [1.29, 1.82) is 0 Å². The first-order chi connectivity index (χ1) is 9.07. The highest BCUT2D eigenvalue weighted by molar-refractivity contribution is 8.00. The van der Waals surface area contributed by atoms with Crippen LogP contribution in [-0.4, -0.2) is 75.8 Å². The second kappa shape index (κ2) is 7.26. The van der Waals surface area contributed by atoms with Crippen LogP contribution in [0.25, 0.3) is 0 Å². The van der Waals surface area contributed by atoms with Crippen molar-refractivity contribution < 1.29 is 13.2 Å². The van der Waals surface area contributed by atoms with Crippen molar-refractivity contribution in [3.05, 3.63) is 0 Å². The standard InChI is InChI=1S/C12H24N2O3S2/c1-19(15,16)12-10-18-7-5-14(12)4-3-13-8-11-2-6-17-9-11/h11-13H,2-10H2,1H3. The third-order valence-electron chi connectivity index (χ3n) is 3.72. The molecule has 0 radical (unpaired) electrons. The van der Waals surface area contributed by atoms with Crippen molar-refractivity contribution in [3.8, 4) is 0 Å². The molecule has 2 heterocycles. The lowest BCUT2D eigenvalue weighted by atomic mass is 10.1. The van der Waals surface area contributed by atoms with Gasteiger partial charge in [0.25, 0.3) is 0 Å². The molecule has 2 rings (SSSR count). The van der Waals surface area contributed by atoms with Crippen LogP contribution in [0.1, 0.15) is 6.42 Å². The normalized spacial score (nSPS) is 29.7. The van der Waals surface area contributed by atoms with E-state index in [1.165, 1.54) is 6.26 Å². The van der Waals surface area contributed by atoms with Gasteiger partial charge in [0.05, 0.1) is 6.61 Å². The molecule has 2 fully saturated rings. The van der Waals surface area contributed by atoms with E-state index in [2.05, 4.69) is 10.2 Å². The van der Waals surface area contributed by atoms with Crippen molar-refractivity contribution in [2.75, 3.05) is 57.2 Å². The maximum Gasteiger partial charge on any atom is 0.164 e. The fourth-order valence-electron chi connectivity index (χ4n) is 2.54. The Kier molecular flexibility index (Phi) is 5.95. The van der Waals surface area contributed by atoms with Crippen molar-refractivity contribution in [2.45, 2.75) is 11.8 Å². The third kappa shape index (κ3) is 4.90. The zero-order valence-electron chi connectivity index (χ0n) is 11.5. The van der Waals surface area contributed by atoms with Crippen LogP contribution in [0.4, 0.5) is 0 Å². The summed E-state index contributed by atoms with van der Waals surface area (Å²) < 4.78 is 28.8. The van der Waals surface area contributed by atoms with Crippen LogP contribution in [0, 0.1) is 5.92 Å². The number of hydrogen-bond acceptors (Lipinski definition) is 6. The van der Waals surface area contributed by atoms with Crippen molar-refractivity contribution >= 4 is 21.6 Å². The van der Waals surface area contributed by atoms with Gasteiger partial charge in [-0.3, -0.25) is 4.90 Å². The highest BCUT2D eigenvalue weighted by Crippen LogP contribution is 2.19. The summed E-state index contributed by atoms with van der Waals surface area (Å²) in [6.07, 6.45) is 2.49. The molecule has 112 valence electrons. The monoisotopic (exact) mass is 308 g/mol. The predicted octanol–water partition coefficient (Wildman–Crippen LogP) is 0.0320. The van der Waals surface area contributed by atoms with E-state index in [0.29, 0.717) is 11.7 Å². The van der Waals surface area contributed by atoms with Gasteiger partial charge in [-0.1, -0.05) is 0 Å². The van der Waals surface area contributed by atoms with Gasteiger partial charge in [0, 0.05) is 50.5 Å². The number of nitrogens with zero attached hydrogens (tertiary/aromatic N) is 1. The molecule has 0 bridgehead atoms. The van der Waals surface area contributed by atoms with Crippen molar-refractivity contribution in [1.82, 2.24) is 10.2 Å². The van der Waals surface area contributed by atoms with Crippen molar-refractivity contribution in [3.63, 3.8) is 0 Å². The van der Waals surface area contributed by atoms with E-state index in [0.717, 1.165) is 51.6 Å². The van der Waals surface area contributed by atoms with E-state index >= 15 is 0 Å². The average molecular weight is 308 g/mol. The number of thioether (sulfide) groups is 1. The third-order valence-corrected chi connectivity index (χ3v) is 6.40. The summed E-state index contributed by atoms with van der Waals surface area (Å²) in [4.78, 5) is 2.10. The predicted molar refractivity (Wildman–Crippen MR) is 79.3 cm³/mol. The molecule has 0 saturated carbocycles. The largest absolute Gasteiger partial charge is 0.381 e. The molecule has 2 unspecified atom stereocenters. The van der Waals surface area contributed by atoms with Gasteiger partial charge in [-0.15, -0.1) is 0 Å². The van der Waals surface area contributed by atoms with E-state index in [1.54, 1.807) is 11.8 Å². The number of nitrogens with one attached hydrogen (secondary N) is 1. The molecule has 2 saturated heterocycles. The van der Waals surface area contributed by atoms with E-state index in [1.807, 2.05) is 0 Å². The minimum absolute atomic E-state index is 0.303. The van der Waals surface area contributed by atoms with Gasteiger partial charge >= 0.3 is 0 Å². The summed E-state index contributed by atoms with van der Waals surface area (Å²) in [6.45, 7) is 5.26. The molecular weight excluding hydrogens is 284 g/mol. The van der Waals surface area contributed by atoms with Crippen LogP contribution in [0.15, 0.2) is 0 Å². The summed E-state index contributed by atoms with van der Waals surface area (Å²) >= 11 is 1.74. The lowest BCUT2D eigenvalue weighted by Crippen LogP contribution is -2.49. The maximum atomic E-state index is 11.7. The van der Waals surface area contributed by atoms with Gasteiger partial charge in [0.1, 0.15) is 5.37 Å². The quantitative estimate of drug-likeness (QED) is 0.699. The van der Waals surface area contributed by atoms with Crippen LogP contribution in [-0.2, 0) is 14.6 Å². The highest BCUT2D eigenvalue weighted by Gasteiger charge is 2.30. The molecule has 1 N–H and O–H groups in total. The topological polar surface area (TPSA) is 58.6 Å². The summed E-state index contributed by atoms with van der Waals surface area (Å²) in [6, 6.07) is 0. The smallest absolute Gasteiger partial charge is 0.164 e.